The Morgan fingerprint density at radius 1 is 1.05 bits per heavy atom. The molecular formula is C26H21FN8OS. The van der Waals surface area contributed by atoms with Crippen molar-refractivity contribution in [2.45, 2.75) is 6.42 Å². The zero-order valence-electron chi connectivity index (χ0n) is 20.0. The largest absolute Gasteiger partial charge is 0.335 e. The minimum Gasteiger partial charge on any atom is -0.335 e. The molecule has 0 saturated heterocycles. The van der Waals surface area contributed by atoms with E-state index in [1.807, 2.05) is 31.1 Å². The van der Waals surface area contributed by atoms with E-state index >= 15 is 0 Å². The molecule has 0 radical (unpaired) electrons. The lowest BCUT2D eigenvalue weighted by Gasteiger charge is -2.09. The standard InChI is InChI=1S/C26H21FN8OS/c1-35(2)13-16(36)6-14-5-15(9-28-8-14)19-7-17-20(12-30-19)33-34-25(17)26-31-21-11-29-10-18(24(21)32-26)22-3-4-23(27)37-22/h3-5,7-12H,6,13H2,1-2H3,(H,31,32)(H,33,34). The number of imidazole rings is 1. The Morgan fingerprint density at radius 2 is 1.92 bits per heavy atom. The molecule has 9 nitrogen and oxygen atoms in total. The number of likely N-dealkylation sites (N-methyl/N-ethyl adjacent to an activating group) is 1. The first-order chi connectivity index (χ1) is 17.9. The number of hydrogen-bond acceptors (Lipinski definition) is 8. The van der Waals surface area contributed by atoms with Crippen LogP contribution in [-0.4, -0.2) is 66.4 Å². The number of fused-ring (bicyclic) bond motifs is 2. The zero-order valence-corrected chi connectivity index (χ0v) is 20.8. The molecule has 0 bridgehead atoms. The quantitative estimate of drug-likeness (QED) is 0.324. The molecule has 0 aliphatic carbocycles. The van der Waals surface area contributed by atoms with Crippen LogP contribution in [0.25, 0.3) is 55.2 Å². The summed E-state index contributed by atoms with van der Waals surface area (Å²) >= 11 is 1.05. The second kappa shape index (κ2) is 9.26. The zero-order chi connectivity index (χ0) is 25.5. The molecule has 0 aromatic carbocycles. The maximum Gasteiger partial charge on any atom is 0.176 e. The number of aromatic nitrogens is 7. The molecule has 0 aliphatic heterocycles. The number of carbonyl (C=O) groups excluding carboxylic acids is 1. The SMILES string of the molecule is CN(C)CC(=O)Cc1cncc(-c2cc3c(-c4nc5c(-c6ccc(F)s6)cncc5[nH]4)n[nH]c3cn2)c1. The Labute approximate surface area is 214 Å². The lowest BCUT2D eigenvalue weighted by Crippen LogP contribution is -2.23. The van der Waals surface area contributed by atoms with Crippen molar-refractivity contribution in [3.63, 3.8) is 0 Å². The molecule has 37 heavy (non-hydrogen) atoms. The third-order valence-corrected chi connectivity index (χ3v) is 6.80. The fourth-order valence-electron chi connectivity index (χ4n) is 4.30. The van der Waals surface area contributed by atoms with Crippen molar-refractivity contribution in [3.05, 3.63) is 65.9 Å². The maximum absolute atomic E-state index is 13.7. The van der Waals surface area contributed by atoms with Crippen LogP contribution in [0.1, 0.15) is 5.56 Å². The van der Waals surface area contributed by atoms with E-state index in [4.69, 9.17) is 4.98 Å². The van der Waals surface area contributed by atoms with E-state index in [9.17, 15) is 9.18 Å². The average Bonchev–Trinajstić information content (AvgIpc) is 3.60. The van der Waals surface area contributed by atoms with Gasteiger partial charge in [-0.15, -0.1) is 11.3 Å². The molecule has 0 atom stereocenters. The van der Waals surface area contributed by atoms with Gasteiger partial charge in [-0.05, 0) is 43.9 Å². The second-order valence-electron chi connectivity index (χ2n) is 8.99. The number of H-pyrrole nitrogens is 2. The van der Waals surface area contributed by atoms with Crippen LogP contribution in [0.2, 0.25) is 0 Å². The first kappa shape index (κ1) is 23.1. The van der Waals surface area contributed by atoms with Gasteiger partial charge in [0.05, 0.1) is 35.7 Å². The molecule has 6 rings (SSSR count). The van der Waals surface area contributed by atoms with E-state index in [1.165, 1.54) is 6.07 Å². The first-order valence-electron chi connectivity index (χ1n) is 11.5. The molecule has 184 valence electrons. The van der Waals surface area contributed by atoms with Crippen LogP contribution in [0.15, 0.2) is 55.2 Å². The molecule has 0 unspecified atom stereocenters. The van der Waals surface area contributed by atoms with Gasteiger partial charge in [-0.1, -0.05) is 0 Å². The molecule has 6 aromatic heterocycles. The number of hydrogen-bond donors (Lipinski definition) is 2. The highest BCUT2D eigenvalue weighted by atomic mass is 32.1. The molecule has 0 amide bonds. The smallest absolute Gasteiger partial charge is 0.176 e. The molecule has 6 aromatic rings. The number of carbonyl (C=O) groups is 1. The van der Waals surface area contributed by atoms with Crippen molar-refractivity contribution in [1.82, 2.24) is 40.0 Å². The molecule has 0 aliphatic rings. The summed E-state index contributed by atoms with van der Waals surface area (Å²) in [4.78, 5) is 36.2. The molecule has 11 heteroatoms. The van der Waals surface area contributed by atoms with Gasteiger partial charge in [-0.3, -0.25) is 24.8 Å². The van der Waals surface area contributed by atoms with Crippen LogP contribution in [0.3, 0.4) is 0 Å². The summed E-state index contributed by atoms with van der Waals surface area (Å²) in [6.07, 6.45) is 8.84. The number of nitrogens with zero attached hydrogens (tertiary/aromatic N) is 6. The van der Waals surface area contributed by atoms with Crippen molar-refractivity contribution in [2.75, 3.05) is 20.6 Å². The summed E-state index contributed by atoms with van der Waals surface area (Å²) < 4.78 is 13.7. The summed E-state index contributed by atoms with van der Waals surface area (Å²) in [5.41, 5.74) is 5.90. The van der Waals surface area contributed by atoms with Gasteiger partial charge in [0.2, 0.25) is 0 Å². The fraction of sp³-hybridized carbons (Fsp3) is 0.154. The van der Waals surface area contributed by atoms with Gasteiger partial charge in [0, 0.05) is 46.4 Å². The van der Waals surface area contributed by atoms with Gasteiger partial charge in [0.1, 0.15) is 11.2 Å². The van der Waals surface area contributed by atoms with Gasteiger partial charge in [0.25, 0.3) is 0 Å². The number of nitrogens with one attached hydrogen (secondary N) is 2. The molecule has 0 spiro atoms. The number of ketones is 1. The van der Waals surface area contributed by atoms with Crippen LogP contribution in [-0.2, 0) is 11.2 Å². The highest BCUT2D eigenvalue weighted by Gasteiger charge is 2.17. The Balaban J connectivity index is 1.38. The van der Waals surface area contributed by atoms with Crippen LogP contribution < -0.4 is 0 Å². The molecule has 2 N–H and O–H groups in total. The monoisotopic (exact) mass is 512 g/mol. The first-order valence-corrected chi connectivity index (χ1v) is 12.3. The average molecular weight is 513 g/mol. The van der Waals surface area contributed by atoms with Gasteiger partial charge < -0.3 is 9.88 Å². The minimum absolute atomic E-state index is 0.119. The molecule has 6 heterocycles. The third kappa shape index (κ3) is 4.50. The number of thiophene rings is 1. The van der Waals surface area contributed by atoms with Crippen molar-refractivity contribution in [3.8, 4) is 33.2 Å². The number of pyridine rings is 3. The number of Topliss-reactive ketones (excluding diaryl/α,β-unsaturated/α-hetero) is 1. The molecular weight excluding hydrogens is 491 g/mol. The van der Waals surface area contributed by atoms with E-state index in [0.29, 0.717) is 35.7 Å². The lowest BCUT2D eigenvalue weighted by atomic mass is 10.1. The minimum atomic E-state index is -0.262. The van der Waals surface area contributed by atoms with Crippen LogP contribution in [0, 0.1) is 5.13 Å². The predicted molar refractivity (Wildman–Crippen MR) is 141 cm³/mol. The number of aromatic amines is 2. The highest BCUT2D eigenvalue weighted by Crippen LogP contribution is 2.34. The van der Waals surface area contributed by atoms with E-state index in [2.05, 4.69) is 30.1 Å². The summed E-state index contributed by atoms with van der Waals surface area (Å²) in [7, 11) is 3.74. The number of halogens is 1. The van der Waals surface area contributed by atoms with Crippen molar-refractivity contribution < 1.29 is 9.18 Å². The Kier molecular flexibility index (Phi) is 5.78. The molecule has 0 saturated carbocycles. The Hall–Kier alpha value is -4.35. The van der Waals surface area contributed by atoms with Gasteiger partial charge in [-0.25, -0.2) is 4.98 Å². The van der Waals surface area contributed by atoms with E-state index < -0.39 is 0 Å². The Morgan fingerprint density at radius 3 is 2.73 bits per heavy atom. The van der Waals surface area contributed by atoms with Crippen LogP contribution in [0.4, 0.5) is 4.39 Å². The fourth-order valence-corrected chi connectivity index (χ4v) is 5.04. The normalized spacial score (nSPS) is 11.7. The maximum atomic E-state index is 13.7. The van der Waals surface area contributed by atoms with Gasteiger partial charge >= 0.3 is 0 Å². The lowest BCUT2D eigenvalue weighted by molar-refractivity contribution is -0.119. The van der Waals surface area contributed by atoms with E-state index in [-0.39, 0.29) is 10.9 Å². The van der Waals surface area contributed by atoms with E-state index in [1.54, 1.807) is 37.1 Å². The van der Waals surface area contributed by atoms with Crippen molar-refractivity contribution in [1.29, 1.82) is 0 Å². The summed E-state index contributed by atoms with van der Waals surface area (Å²) in [5, 5.41) is 8.07. The summed E-state index contributed by atoms with van der Waals surface area (Å²) in [6, 6.07) is 7.03. The van der Waals surface area contributed by atoms with Crippen LogP contribution >= 0.6 is 11.3 Å². The predicted octanol–water partition coefficient (Wildman–Crippen LogP) is 4.50. The van der Waals surface area contributed by atoms with Crippen LogP contribution in [0.5, 0.6) is 0 Å². The van der Waals surface area contributed by atoms with Gasteiger partial charge in [0.15, 0.2) is 16.7 Å². The highest BCUT2D eigenvalue weighted by molar-refractivity contribution is 7.14. The van der Waals surface area contributed by atoms with E-state index in [0.717, 1.165) is 49.3 Å². The van der Waals surface area contributed by atoms with Crippen molar-refractivity contribution in [2.24, 2.45) is 0 Å². The van der Waals surface area contributed by atoms with Crippen molar-refractivity contribution >= 4 is 39.1 Å². The Bertz CT molecular complexity index is 1770. The van der Waals surface area contributed by atoms with Gasteiger partial charge in [-0.2, -0.15) is 9.49 Å². The third-order valence-electron chi connectivity index (χ3n) is 5.89. The number of rotatable bonds is 7. The topological polar surface area (TPSA) is 116 Å². The summed E-state index contributed by atoms with van der Waals surface area (Å²) in [6.45, 7) is 0.378. The summed E-state index contributed by atoms with van der Waals surface area (Å²) in [5.74, 6) is 0.680. The second-order valence-corrected chi connectivity index (χ2v) is 10.0. The molecule has 0 fully saturated rings.